The summed E-state index contributed by atoms with van der Waals surface area (Å²) in [6.07, 6.45) is 7.80. The maximum absolute atomic E-state index is 12.3. The highest BCUT2D eigenvalue weighted by atomic mass is 32.2. The molecular weight excluding hydrogens is 278 g/mol. The Bertz CT molecular complexity index is 626. The van der Waals surface area contributed by atoms with Crippen LogP contribution in [-0.2, 0) is 16.6 Å². The molecule has 0 amide bonds. The molecule has 20 heavy (non-hydrogen) atoms. The van der Waals surface area contributed by atoms with Gasteiger partial charge in [-0.1, -0.05) is 20.8 Å². The summed E-state index contributed by atoms with van der Waals surface area (Å²) in [5.74, 6) is 0. The minimum absolute atomic E-state index is 0.136. The van der Waals surface area contributed by atoms with Crippen molar-refractivity contribution in [1.29, 1.82) is 0 Å². The summed E-state index contributed by atoms with van der Waals surface area (Å²) in [5.41, 5.74) is -0.235. The van der Waals surface area contributed by atoms with Crippen LogP contribution in [0.25, 0.3) is 0 Å². The summed E-state index contributed by atoms with van der Waals surface area (Å²) >= 11 is 0. The van der Waals surface area contributed by atoms with Crippen LogP contribution >= 0.6 is 0 Å². The molecule has 2 heterocycles. The van der Waals surface area contributed by atoms with E-state index in [0.717, 1.165) is 0 Å². The lowest BCUT2D eigenvalue weighted by Crippen LogP contribution is -2.46. The number of aromatic amines is 1. The summed E-state index contributed by atoms with van der Waals surface area (Å²) in [5, 5.41) is 6.18. The van der Waals surface area contributed by atoms with Gasteiger partial charge in [0.1, 0.15) is 4.90 Å². The average Bonchev–Trinajstić information content (AvgIpc) is 2.99. The average molecular weight is 297 g/mol. The van der Waals surface area contributed by atoms with E-state index >= 15 is 0 Å². The molecule has 0 aliphatic heterocycles. The zero-order chi connectivity index (χ0) is 14.8. The molecule has 0 aliphatic rings. The highest BCUT2D eigenvalue weighted by molar-refractivity contribution is 7.89. The lowest BCUT2D eigenvalue weighted by atomic mass is 9.87. The van der Waals surface area contributed by atoms with Crippen molar-refractivity contribution >= 4 is 10.0 Å². The molecule has 2 aromatic rings. The smallest absolute Gasteiger partial charge is 0.244 e. The van der Waals surface area contributed by atoms with Crippen LogP contribution in [0.15, 0.2) is 36.0 Å². The third-order valence-electron chi connectivity index (χ3n) is 3.08. The lowest BCUT2D eigenvalue weighted by molar-refractivity contribution is 0.270. The lowest BCUT2D eigenvalue weighted by Gasteiger charge is -2.31. The van der Waals surface area contributed by atoms with Crippen molar-refractivity contribution in [3.8, 4) is 0 Å². The Morgan fingerprint density at radius 1 is 1.45 bits per heavy atom. The van der Waals surface area contributed by atoms with E-state index in [1.807, 2.05) is 31.5 Å². The number of H-pyrrole nitrogens is 1. The van der Waals surface area contributed by atoms with Gasteiger partial charge in [0.2, 0.25) is 10.0 Å². The van der Waals surface area contributed by atoms with E-state index in [0.29, 0.717) is 6.54 Å². The van der Waals surface area contributed by atoms with Crippen LogP contribution in [0.3, 0.4) is 0 Å². The predicted octanol–water partition coefficient (Wildman–Crippen LogP) is 0.999. The Labute approximate surface area is 118 Å². The minimum atomic E-state index is -3.58. The Balaban J connectivity index is 2.21. The molecule has 2 N–H and O–H groups in total. The highest BCUT2D eigenvalue weighted by Crippen LogP contribution is 2.22. The predicted molar refractivity (Wildman–Crippen MR) is 74.4 cm³/mol. The maximum Gasteiger partial charge on any atom is 0.244 e. The molecule has 8 heteroatoms. The van der Waals surface area contributed by atoms with Crippen molar-refractivity contribution < 1.29 is 8.42 Å². The molecule has 1 atom stereocenters. The van der Waals surface area contributed by atoms with E-state index in [1.54, 1.807) is 12.5 Å². The number of hydrogen-bond acceptors (Lipinski definition) is 4. The summed E-state index contributed by atoms with van der Waals surface area (Å²) in [4.78, 5) is 4.11. The third-order valence-corrected chi connectivity index (χ3v) is 4.52. The largest absolute Gasteiger partial charge is 0.336 e. The van der Waals surface area contributed by atoms with E-state index in [-0.39, 0.29) is 16.4 Å². The SMILES string of the molecule is CC(C)(C)C(Cn1ccnc1)NS(=O)(=O)c1cn[nH]c1. The standard InChI is InChI=1S/C12H19N5O2S/c1-12(2,3)11(8-17-5-4-13-9-17)16-20(18,19)10-6-14-15-7-10/h4-7,9,11,16H,8H2,1-3H3,(H,14,15). The zero-order valence-electron chi connectivity index (χ0n) is 11.7. The van der Waals surface area contributed by atoms with Crippen LogP contribution < -0.4 is 4.72 Å². The molecule has 0 aromatic carbocycles. The Kier molecular flexibility index (Phi) is 3.96. The fourth-order valence-corrected chi connectivity index (χ4v) is 3.07. The summed E-state index contributed by atoms with van der Waals surface area (Å²) in [6.45, 7) is 6.49. The maximum atomic E-state index is 12.3. The van der Waals surface area contributed by atoms with Crippen molar-refractivity contribution in [2.24, 2.45) is 5.41 Å². The Morgan fingerprint density at radius 2 is 2.20 bits per heavy atom. The normalized spacial score (nSPS) is 14.3. The molecule has 0 bridgehead atoms. The van der Waals surface area contributed by atoms with Gasteiger partial charge in [0, 0.05) is 31.2 Å². The second-order valence-corrected chi connectivity index (χ2v) is 7.45. The second kappa shape index (κ2) is 5.37. The molecule has 0 saturated heterocycles. The number of nitrogens with zero attached hydrogens (tertiary/aromatic N) is 3. The molecule has 0 fully saturated rings. The zero-order valence-corrected chi connectivity index (χ0v) is 12.6. The van der Waals surface area contributed by atoms with Gasteiger partial charge in [-0.3, -0.25) is 5.10 Å². The fourth-order valence-electron chi connectivity index (χ4n) is 1.73. The molecule has 0 aliphatic carbocycles. The van der Waals surface area contributed by atoms with Crippen molar-refractivity contribution in [3.63, 3.8) is 0 Å². The number of aromatic nitrogens is 4. The molecule has 2 rings (SSSR count). The van der Waals surface area contributed by atoms with E-state index in [9.17, 15) is 8.42 Å². The molecule has 2 aromatic heterocycles. The number of sulfonamides is 1. The van der Waals surface area contributed by atoms with E-state index in [4.69, 9.17) is 0 Å². The van der Waals surface area contributed by atoms with E-state index in [2.05, 4.69) is 19.9 Å². The van der Waals surface area contributed by atoms with Gasteiger partial charge in [-0.15, -0.1) is 0 Å². The first-order valence-corrected chi connectivity index (χ1v) is 7.74. The highest BCUT2D eigenvalue weighted by Gasteiger charge is 2.30. The monoisotopic (exact) mass is 297 g/mol. The van der Waals surface area contributed by atoms with Crippen LogP contribution in [0, 0.1) is 5.41 Å². The van der Waals surface area contributed by atoms with E-state index in [1.165, 1.54) is 12.4 Å². The van der Waals surface area contributed by atoms with Gasteiger partial charge in [-0.25, -0.2) is 18.1 Å². The molecule has 0 radical (unpaired) electrons. The van der Waals surface area contributed by atoms with Gasteiger partial charge in [0.05, 0.1) is 12.5 Å². The number of rotatable bonds is 5. The van der Waals surface area contributed by atoms with Crippen LogP contribution in [-0.4, -0.2) is 34.2 Å². The molecule has 7 nitrogen and oxygen atoms in total. The van der Waals surface area contributed by atoms with Crippen LogP contribution in [0.5, 0.6) is 0 Å². The molecule has 1 unspecified atom stereocenters. The third kappa shape index (κ3) is 3.45. The Morgan fingerprint density at radius 3 is 2.70 bits per heavy atom. The first-order valence-electron chi connectivity index (χ1n) is 6.26. The molecular formula is C12H19N5O2S. The van der Waals surface area contributed by atoms with Crippen LogP contribution in [0.1, 0.15) is 20.8 Å². The number of nitrogens with one attached hydrogen (secondary N) is 2. The van der Waals surface area contributed by atoms with Crippen molar-refractivity contribution in [3.05, 3.63) is 31.1 Å². The number of imidazole rings is 1. The van der Waals surface area contributed by atoms with Gasteiger partial charge >= 0.3 is 0 Å². The number of hydrogen-bond donors (Lipinski definition) is 2. The first-order chi connectivity index (χ1) is 9.29. The van der Waals surface area contributed by atoms with Gasteiger partial charge in [0.25, 0.3) is 0 Å². The van der Waals surface area contributed by atoms with Gasteiger partial charge in [0.15, 0.2) is 0 Å². The first kappa shape index (κ1) is 14.7. The quantitative estimate of drug-likeness (QED) is 0.861. The topological polar surface area (TPSA) is 92.7 Å². The van der Waals surface area contributed by atoms with Crippen LogP contribution in [0.4, 0.5) is 0 Å². The summed E-state index contributed by atoms with van der Waals surface area (Å²) in [6, 6.07) is -0.267. The Hall–Kier alpha value is -1.67. The van der Waals surface area contributed by atoms with Gasteiger partial charge in [-0.05, 0) is 5.41 Å². The molecule has 0 saturated carbocycles. The summed E-state index contributed by atoms with van der Waals surface area (Å²) < 4.78 is 29.2. The minimum Gasteiger partial charge on any atom is -0.336 e. The molecule has 110 valence electrons. The summed E-state index contributed by atoms with van der Waals surface area (Å²) in [7, 11) is -3.58. The van der Waals surface area contributed by atoms with Crippen molar-refractivity contribution in [2.75, 3.05) is 0 Å². The second-order valence-electron chi connectivity index (χ2n) is 5.73. The fraction of sp³-hybridized carbons (Fsp3) is 0.500. The van der Waals surface area contributed by atoms with E-state index < -0.39 is 10.0 Å². The molecule has 0 spiro atoms. The van der Waals surface area contributed by atoms with Gasteiger partial charge in [-0.2, -0.15) is 5.10 Å². The van der Waals surface area contributed by atoms with Gasteiger partial charge < -0.3 is 4.57 Å². The van der Waals surface area contributed by atoms with Crippen LogP contribution in [0.2, 0.25) is 0 Å². The van der Waals surface area contributed by atoms with Crippen molar-refractivity contribution in [2.45, 2.75) is 38.3 Å². The van der Waals surface area contributed by atoms with Crippen molar-refractivity contribution in [1.82, 2.24) is 24.5 Å².